The fourth-order valence-electron chi connectivity index (χ4n) is 4.82. The predicted molar refractivity (Wildman–Crippen MR) is 103 cm³/mol. The van der Waals surface area contributed by atoms with E-state index in [1.807, 2.05) is 0 Å². The third-order valence-corrected chi connectivity index (χ3v) is 6.51. The summed E-state index contributed by atoms with van der Waals surface area (Å²) in [6.45, 7) is 2.26. The molecule has 1 saturated carbocycles. The molecule has 0 spiro atoms. The van der Waals surface area contributed by atoms with Gasteiger partial charge >= 0.3 is 0 Å². The van der Waals surface area contributed by atoms with Gasteiger partial charge in [-0.2, -0.15) is 0 Å². The number of rotatable bonds is 5. The molecule has 1 aromatic heterocycles. The minimum absolute atomic E-state index is 0.390. The number of aromatic amines is 1. The quantitative estimate of drug-likeness (QED) is 0.795. The van der Waals surface area contributed by atoms with Gasteiger partial charge < -0.3 is 4.98 Å². The van der Waals surface area contributed by atoms with Crippen LogP contribution in [0, 0.1) is 11.8 Å². The van der Waals surface area contributed by atoms with Gasteiger partial charge in [0.05, 0.1) is 5.69 Å². The zero-order valence-electron chi connectivity index (χ0n) is 14.4. The summed E-state index contributed by atoms with van der Waals surface area (Å²) in [4.78, 5) is 9.78. The Morgan fingerprint density at radius 3 is 2.72 bits per heavy atom. The van der Waals surface area contributed by atoms with Crippen molar-refractivity contribution in [2.45, 2.75) is 44.6 Å². The van der Waals surface area contributed by atoms with Crippen molar-refractivity contribution in [3.63, 3.8) is 0 Å². The number of nitrogens with one attached hydrogen (secondary N) is 1. The second kappa shape index (κ2) is 7.69. The summed E-state index contributed by atoms with van der Waals surface area (Å²) in [6, 6.07) is 11.7. The van der Waals surface area contributed by atoms with Crippen molar-refractivity contribution >= 4 is 23.2 Å². The lowest BCUT2D eigenvalue weighted by molar-refractivity contribution is 0.152. The largest absolute Gasteiger partial charge is 0.331 e. The van der Waals surface area contributed by atoms with Crippen molar-refractivity contribution < 1.29 is 0 Å². The van der Waals surface area contributed by atoms with Gasteiger partial charge in [0.1, 0.15) is 0 Å². The monoisotopic (exact) mass is 377 g/mol. The van der Waals surface area contributed by atoms with Crippen LogP contribution in [0.3, 0.4) is 0 Å². The highest BCUT2D eigenvalue weighted by Crippen LogP contribution is 2.40. The number of hydrogen-bond acceptors (Lipinski definition) is 2. The third-order valence-electron chi connectivity index (χ3n) is 6.02. The average Bonchev–Trinajstić information content (AvgIpc) is 3.16. The summed E-state index contributed by atoms with van der Waals surface area (Å²) in [5.74, 6) is 1.72. The highest BCUT2D eigenvalue weighted by Gasteiger charge is 2.38. The Morgan fingerprint density at radius 2 is 1.96 bits per heavy atom. The van der Waals surface area contributed by atoms with Crippen molar-refractivity contribution in [1.29, 1.82) is 0 Å². The van der Waals surface area contributed by atoms with Crippen LogP contribution in [0.5, 0.6) is 0 Å². The fourth-order valence-corrected chi connectivity index (χ4v) is 5.29. The Balaban J connectivity index is 1.30. The van der Waals surface area contributed by atoms with E-state index in [0.29, 0.717) is 10.4 Å². The second-order valence-electron chi connectivity index (χ2n) is 7.57. The molecule has 2 fully saturated rings. The first-order chi connectivity index (χ1) is 12.2. The second-order valence-corrected chi connectivity index (χ2v) is 8.28. The lowest BCUT2D eigenvalue weighted by Crippen LogP contribution is -2.38. The summed E-state index contributed by atoms with van der Waals surface area (Å²) >= 11 is 12.0. The maximum absolute atomic E-state index is 6.12. The van der Waals surface area contributed by atoms with Crippen LogP contribution in [0.4, 0.5) is 0 Å². The molecular formula is C20H25Cl2N3. The van der Waals surface area contributed by atoms with Gasteiger partial charge in [0, 0.05) is 19.0 Å². The molecule has 2 heterocycles. The van der Waals surface area contributed by atoms with Gasteiger partial charge in [-0.1, -0.05) is 41.9 Å². The van der Waals surface area contributed by atoms with E-state index in [4.69, 9.17) is 23.2 Å². The smallest absolute Gasteiger partial charge is 0.201 e. The van der Waals surface area contributed by atoms with Crippen LogP contribution in [0.1, 0.15) is 36.9 Å². The summed E-state index contributed by atoms with van der Waals surface area (Å²) < 4.78 is 0. The van der Waals surface area contributed by atoms with Crippen LogP contribution in [-0.4, -0.2) is 34.0 Å². The number of hydrogen-bond donors (Lipinski definition) is 1. The number of fused-ring (bicyclic) bond motifs is 1. The van der Waals surface area contributed by atoms with Gasteiger partial charge in [0.2, 0.25) is 5.28 Å². The molecule has 0 unspecified atom stereocenters. The van der Waals surface area contributed by atoms with Crippen LogP contribution in [0.25, 0.3) is 0 Å². The molecule has 1 aromatic carbocycles. The average molecular weight is 378 g/mol. The van der Waals surface area contributed by atoms with E-state index < -0.39 is 0 Å². The van der Waals surface area contributed by atoms with Gasteiger partial charge in [-0.05, 0) is 67.6 Å². The minimum Gasteiger partial charge on any atom is -0.331 e. The highest BCUT2D eigenvalue weighted by atomic mass is 35.5. The van der Waals surface area contributed by atoms with Gasteiger partial charge in [-0.15, -0.1) is 0 Å². The van der Waals surface area contributed by atoms with Gasteiger partial charge in [-0.3, -0.25) is 4.90 Å². The summed E-state index contributed by atoms with van der Waals surface area (Å²) in [5.41, 5.74) is 2.46. The zero-order valence-corrected chi connectivity index (χ0v) is 15.9. The first-order valence-electron chi connectivity index (χ1n) is 9.37. The number of halogens is 2. The maximum atomic E-state index is 6.12. The molecule has 1 N–H and O–H groups in total. The number of benzene rings is 1. The Morgan fingerprint density at radius 1 is 1.12 bits per heavy atom. The summed E-state index contributed by atoms with van der Waals surface area (Å²) in [5, 5.41) is 0.910. The van der Waals surface area contributed by atoms with Gasteiger partial charge in [-0.25, -0.2) is 4.98 Å². The molecule has 0 radical (unpaired) electrons. The highest BCUT2D eigenvalue weighted by molar-refractivity contribution is 6.32. The normalized spacial score (nSPS) is 26.7. The van der Waals surface area contributed by atoms with Gasteiger partial charge in [0.15, 0.2) is 5.15 Å². The molecule has 25 heavy (non-hydrogen) atoms. The van der Waals surface area contributed by atoms with E-state index in [0.717, 1.165) is 36.5 Å². The van der Waals surface area contributed by atoms with E-state index in [2.05, 4.69) is 45.2 Å². The Bertz CT molecular complexity index is 700. The van der Waals surface area contributed by atoms with Crippen molar-refractivity contribution in [1.82, 2.24) is 14.9 Å². The maximum Gasteiger partial charge on any atom is 0.201 e. The molecule has 134 valence electrons. The van der Waals surface area contributed by atoms with E-state index in [1.165, 1.54) is 44.2 Å². The van der Waals surface area contributed by atoms with Crippen molar-refractivity contribution in [2.75, 3.05) is 13.1 Å². The Kier molecular flexibility index (Phi) is 5.35. The molecule has 2 aliphatic rings. The topological polar surface area (TPSA) is 31.9 Å². The van der Waals surface area contributed by atoms with E-state index in [-0.39, 0.29) is 0 Å². The molecule has 1 saturated heterocycles. The van der Waals surface area contributed by atoms with E-state index >= 15 is 0 Å². The predicted octanol–water partition coefficient (Wildman–Crippen LogP) is 4.99. The molecule has 0 bridgehead atoms. The standard InChI is InChI=1S/C20H25Cl2N3/c21-19-17(23-20(22)24-19)9-11-25-10-8-16-13-15(6-7-18(16)25)12-14-4-2-1-3-5-14/h1-5,15-16,18H,6-13H2,(H,23,24)/t15-,16+,18-/m0/s1. The first kappa shape index (κ1) is 17.4. The molecule has 1 aliphatic carbocycles. The molecule has 4 rings (SSSR count). The van der Waals surface area contributed by atoms with Gasteiger partial charge in [0.25, 0.3) is 0 Å². The molecule has 5 heteroatoms. The SMILES string of the molecule is Clc1nc(Cl)c(CCN2CC[C@@H]3C[C@H](Cc4ccccc4)CC[C@@H]32)[nH]1. The van der Waals surface area contributed by atoms with Crippen LogP contribution >= 0.6 is 23.2 Å². The summed E-state index contributed by atoms with van der Waals surface area (Å²) in [6.07, 6.45) is 7.55. The van der Waals surface area contributed by atoms with E-state index in [9.17, 15) is 0 Å². The molecule has 3 atom stereocenters. The number of H-pyrrole nitrogens is 1. The van der Waals surface area contributed by atoms with Crippen LogP contribution in [0.2, 0.25) is 10.4 Å². The number of nitrogens with zero attached hydrogens (tertiary/aromatic N) is 2. The number of likely N-dealkylation sites (tertiary alicyclic amines) is 1. The Labute approximate surface area is 159 Å². The lowest BCUT2D eigenvalue weighted by Gasteiger charge is -2.36. The molecule has 0 amide bonds. The van der Waals surface area contributed by atoms with Crippen molar-refractivity contribution in [3.05, 3.63) is 52.0 Å². The van der Waals surface area contributed by atoms with Crippen molar-refractivity contribution in [3.8, 4) is 0 Å². The molecule has 3 nitrogen and oxygen atoms in total. The van der Waals surface area contributed by atoms with E-state index in [1.54, 1.807) is 0 Å². The Hall–Kier alpha value is -1.03. The number of imidazole rings is 1. The molecule has 2 aromatic rings. The molecule has 1 aliphatic heterocycles. The van der Waals surface area contributed by atoms with Crippen molar-refractivity contribution in [2.24, 2.45) is 11.8 Å². The molecular weight excluding hydrogens is 353 g/mol. The summed E-state index contributed by atoms with van der Waals surface area (Å²) in [7, 11) is 0. The van der Waals surface area contributed by atoms with Crippen LogP contribution in [0.15, 0.2) is 30.3 Å². The lowest BCUT2D eigenvalue weighted by atomic mass is 9.76. The van der Waals surface area contributed by atoms with Crippen LogP contribution in [-0.2, 0) is 12.8 Å². The fraction of sp³-hybridized carbons (Fsp3) is 0.550. The van der Waals surface area contributed by atoms with Crippen LogP contribution < -0.4 is 0 Å². The third kappa shape index (κ3) is 4.05. The zero-order chi connectivity index (χ0) is 17.2. The minimum atomic E-state index is 0.390. The number of aromatic nitrogens is 2. The first-order valence-corrected chi connectivity index (χ1v) is 10.1.